The summed E-state index contributed by atoms with van der Waals surface area (Å²) < 4.78 is 16.3. The SMILES string of the molecule is CN=C(NCCc1cc(OC)ccc1OC)N1CCN(C(=O)C2CCCO2)CC1.I. The maximum Gasteiger partial charge on any atom is 0.251 e. The van der Waals surface area contributed by atoms with Crippen LogP contribution in [0.3, 0.4) is 0 Å². The van der Waals surface area contributed by atoms with E-state index in [1.807, 2.05) is 23.1 Å². The minimum absolute atomic E-state index is 0. The van der Waals surface area contributed by atoms with Gasteiger partial charge in [-0.1, -0.05) is 0 Å². The van der Waals surface area contributed by atoms with Crippen LogP contribution < -0.4 is 14.8 Å². The lowest BCUT2D eigenvalue weighted by Crippen LogP contribution is -2.55. The fraction of sp³-hybridized carbons (Fsp3) is 0.619. The Morgan fingerprint density at radius 2 is 1.93 bits per heavy atom. The van der Waals surface area contributed by atoms with Crippen LogP contribution in [0.15, 0.2) is 23.2 Å². The average Bonchev–Trinajstić information content (AvgIpc) is 3.31. The lowest BCUT2D eigenvalue weighted by atomic mass is 10.1. The van der Waals surface area contributed by atoms with E-state index in [1.165, 1.54) is 0 Å². The van der Waals surface area contributed by atoms with Crippen LogP contribution in [-0.2, 0) is 16.0 Å². The first-order chi connectivity index (χ1) is 14.2. The summed E-state index contributed by atoms with van der Waals surface area (Å²) in [4.78, 5) is 21.0. The number of amides is 1. The number of carbonyl (C=O) groups is 1. The van der Waals surface area contributed by atoms with Crippen LogP contribution in [-0.4, -0.2) is 88.4 Å². The first-order valence-electron chi connectivity index (χ1n) is 10.2. The molecule has 3 rings (SSSR count). The Kier molecular flexibility index (Phi) is 9.96. The Balaban J connectivity index is 0.00000320. The number of methoxy groups -OCH3 is 2. The van der Waals surface area contributed by atoms with Crippen LogP contribution in [0, 0.1) is 0 Å². The highest BCUT2D eigenvalue weighted by atomic mass is 127. The summed E-state index contributed by atoms with van der Waals surface area (Å²) in [7, 11) is 5.13. The third-order valence-corrected chi connectivity index (χ3v) is 5.47. The van der Waals surface area contributed by atoms with E-state index in [0.29, 0.717) is 19.7 Å². The van der Waals surface area contributed by atoms with Gasteiger partial charge < -0.3 is 29.3 Å². The highest BCUT2D eigenvalue weighted by Crippen LogP contribution is 2.24. The van der Waals surface area contributed by atoms with Gasteiger partial charge in [-0.3, -0.25) is 9.79 Å². The Morgan fingerprint density at radius 1 is 1.20 bits per heavy atom. The topological polar surface area (TPSA) is 75.6 Å². The minimum Gasteiger partial charge on any atom is -0.497 e. The van der Waals surface area contributed by atoms with Crippen LogP contribution >= 0.6 is 24.0 Å². The summed E-state index contributed by atoms with van der Waals surface area (Å²) in [6.45, 7) is 4.35. The molecule has 1 aromatic rings. The van der Waals surface area contributed by atoms with Gasteiger partial charge in [0.1, 0.15) is 17.6 Å². The molecule has 0 radical (unpaired) electrons. The molecule has 1 atom stereocenters. The third-order valence-electron chi connectivity index (χ3n) is 5.47. The van der Waals surface area contributed by atoms with E-state index in [4.69, 9.17) is 14.2 Å². The number of rotatable bonds is 6. The van der Waals surface area contributed by atoms with E-state index >= 15 is 0 Å². The molecule has 0 aliphatic carbocycles. The molecule has 1 N–H and O–H groups in total. The van der Waals surface area contributed by atoms with Gasteiger partial charge in [0.05, 0.1) is 14.2 Å². The number of piperazine rings is 1. The van der Waals surface area contributed by atoms with E-state index in [0.717, 1.165) is 61.9 Å². The van der Waals surface area contributed by atoms with E-state index < -0.39 is 0 Å². The van der Waals surface area contributed by atoms with E-state index in [-0.39, 0.29) is 36.0 Å². The maximum absolute atomic E-state index is 12.5. The smallest absolute Gasteiger partial charge is 0.251 e. The fourth-order valence-corrected chi connectivity index (χ4v) is 3.83. The summed E-state index contributed by atoms with van der Waals surface area (Å²) in [6, 6.07) is 5.82. The molecule has 30 heavy (non-hydrogen) atoms. The zero-order chi connectivity index (χ0) is 20.6. The molecule has 2 heterocycles. The standard InChI is InChI=1S/C21H32N4O4.HI/c1-22-21(23-9-8-16-15-17(27-2)6-7-18(16)28-3)25-12-10-24(11-13-25)20(26)19-5-4-14-29-19;/h6-7,15,19H,4-5,8-14H2,1-3H3,(H,22,23);1H. The second kappa shape index (κ2) is 12.2. The Labute approximate surface area is 196 Å². The van der Waals surface area contributed by atoms with Gasteiger partial charge in [0.25, 0.3) is 5.91 Å². The number of hydrogen-bond donors (Lipinski definition) is 1. The molecular weight excluding hydrogens is 499 g/mol. The van der Waals surface area contributed by atoms with Crippen molar-refractivity contribution in [2.75, 3.05) is 60.6 Å². The molecule has 0 spiro atoms. The second-order valence-corrected chi connectivity index (χ2v) is 7.22. The van der Waals surface area contributed by atoms with Crippen molar-refractivity contribution in [2.24, 2.45) is 4.99 Å². The monoisotopic (exact) mass is 532 g/mol. The van der Waals surface area contributed by atoms with Gasteiger partial charge in [-0.05, 0) is 43.0 Å². The number of nitrogens with zero attached hydrogens (tertiary/aromatic N) is 3. The van der Waals surface area contributed by atoms with Crippen molar-refractivity contribution >= 4 is 35.8 Å². The summed E-state index contributed by atoms with van der Waals surface area (Å²) in [6.07, 6.45) is 2.37. The lowest BCUT2D eigenvalue weighted by molar-refractivity contribution is -0.142. The van der Waals surface area contributed by atoms with Crippen LogP contribution in [0.4, 0.5) is 0 Å². The van der Waals surface area contributed by atoms with Crippen molar-refractivity contribution in [3.63, 3.8) is 0 Å². The highest BCUT2D eigenvalue weighted by Gasteiger charge is 2.30. The molecule has 2 saturated heterocycles. The minimum atomic E-state index is -0.239. The van der Waals surface area contributed by atoms with Crippen LogP contribution in [0.2, 0.25) is 0 Å². The third kappa shape index (κ3) is 6.13. The lowest BCUT2D eigenvalue weighted by Gasteiger charge is -2.37. The number of aliphatic imine (C=N–C) groups is 1. The van der Waals surface area contributed by atoms with Crippen molar-refractivity contribution < 1.29 is 19.0 Å². The fourth-order valence-electron chi connectivity index (χ4n) is 3.83. The molecule has 2 aliphatic rings. The normalized spacial score (nSPS) is 19.3. The Bertz CT molecular complexity index is 717. The molecule has 1 amide bonds. The first-order valence-corrected chi connectivity index (χ1v) is 10.2. The predicted molar refractivity (Wildman–Crippen MR) is 127 cm³/mol. The molecule has 1 aromatic carbocycles. The molecule has 2 fully saturated rings. The number of halogens is 1. The van der Waals surface area contributed by atoms with Gasteiger partial charge >= 0.3 is 0 Å². The molecule has 0 saturated carbocycles. The number of benzene rings is 1. The molecule has 2 aliphatic heterocycles. The van der Waals surface area contributed by atoms with Gasteiger partial charge in [-0.25, -0.2) is 0 Å². The molecule has 0 aromatic heterocycles. The molecule has 168 valence electrons. The number of hydrogen-bond acceptors (Lipinski definition) is 5. The quantitative estimate of drug-likeness (QED) is 0.342. The maximum atomic E-state index is 12.5. The molecule has 1 unspecified atom stereocenters. The van der Waals surface area contributed by atoms with Crippen molar-refractivity contribution in [1.82, 2.24) is 15.1 Å². The van der Waals surface area contributed by atoms with Crippen molar-refractivity contribution in [3.05, 3.63) is 23.8 Å². The largest absolute Gasteiger partial charge is 0.497 e. The van der Waals surface area contributed by atoms with Crippen molar-refractivity contribution in [1.29, 1.82) is 0 Å². The van der Waals surface area contributed by atoms with Gasteiger partial charge in [-0.2, -0.15) is 0 Å². The summed E-state index contributed by atoms with van der Waals surface area (Å²) in [5.74, 6) is 2.66. The number of carbonyl (C=O) groups excluding carboxylic acids is 1. The summed E-state index contributed by atoms with van der Waals surface area (Å²) in [5.41, 5.74) is 1.08. The summed E-state index contributed by atoms with van der Waals surface area (Å²) in [5, 5.41) is 3.43. The zero-order valence-electron chi connectivity index (χ0n) is 18.1. The highest BCUT2D eigenvalue weighted by molar-refractivity contribution is 14.0. The predicted octanol–water partition coefficient (Wildman–Crippen LogP) is 1.76. The summed E-state index contributed by atoms with van der Waals surface area (Å²) >= 11 is 0. The average molecular weight is 532 g/mol. The number of nitrogens with one attached hydrogen (secondary N) is 1. The second-order valence-electron chi connectivity index (χ2n) is 7.22. The first kappa shape index (κ1) is 24.5. The van der Waals surface area contributed by atoms with Crippen LogP contribution in [0.25, 0.3) is 0 Å². The van der Waals surface area contributed by atoms with Gasteiger partial charge in [0, 0.05) is 46.4 Å². The van der Waals surface area contributed by atoms with Crippen molar-refractivity contribution in [2.45, 2.75) is 25.4 Å². The Morgan fingerprint density at radius 3 is 2.53 bits per heavy atom. The van der Waals surface area contributed by atoms with Gasteiger partial charge in [0.15, 0.2) is 5.96 Å². The van der Waals surface area contributed by atoms with E-state index in [1.54, 1.807) is 21.3 Å². The van der Waals surface area contributed by atoms with Crippen molar-refractivity contribution in [3.8, 4) is 11.5 Å². The molecular formula is C21H33IN4O4. The Hall–Kier alpha value is -1.75. The molecule has 9 heteroatoms. The van der Waals surface area contributed by atoms with Gasteiger partial charge in [0.2, 0.25) is 0 Å². The zero-order valence-corrected chi connectivity index (χ0v) is 20.4. The van der Waals surface area contributed by atoms with Crippen LogP contribution in [0.1, 0.15) is 18.4 Å². The van der Waals surface area contributed by atoms with Crippen LogP contribution in [0.5, 0.6) is 11.5 Å². The van der Waals surface area contributed by atoms with E-state index in [9.17, 15) is 4.79 Å². The molecule has 0 bridgehead atoms. The van der Waals surface area contributed by atoms with E-state index in [2.05, 4.69) is 15.2 Å². The number of guanidine groups is 1. The molecule has 8 nitrogen and oxygen atoms in total. The number of ether oxygens (including phenoxy) is 3. The van der Waals surface area contributed by atoms with Gasteiger partial charge in [-0.15, -0.1) is 24.0 Å².